The molecule has 140 valence electrons. The summed E-state index contributed by atoms with van der Waals surface area (Å²) in [6, 6.07) is 6.12. The largest absolute Gasteiger partial charge is 0.480 e. The normalized spacial score (nSPS) is 18.3. The fraction of sp³-hybridized carbons (Fsp3) is 0.500. The van der Waals surface area contributed by atoms with E-state index in [-0.39, 0.29) is 18.5 Å². The molecule has 0 bridgehead atoms. The molecule has 0 radical (unpaired) electrons. The summed E-state index contributed by atoms with van der Waals surface area (Å²) < 4.78 is 5.93. The van der Waals surface area contributed by atoms with Crippen LogP contribution in [0.4, 0.5) is 0 Å². The molecular formula is C20H26N2O4. The molecule has 0 spiro atoms. The van der Waals surface area contributed by atoms with Crippen LogP contribution in [-0.4, -0.2) is 59.5 Å². The van der Waals surface area contributed by atoms with Gasteiger partial charge in [0, 0.05) is 30.1 Å². The molecule has 1 saturated heterocycles. The van der Waals surface area contributed by atoms with Gasteiger partial charge in [0.15, 0.2) is 5.76 Å². The first kappa shape index (κ1) is 18.5. The predicted octanol–water partition coefficient (Wildman–Crippen LogP) is 3.06. The van der Waals surface area contributed by atoms with Crippen molar-refractivity contribution in [2.24, 2.45) is 0 Å². The summed E-state index contributed by atoms with van der Waals surface area (Å²) in [6.07, 6.45) is 2.53. The minimum Gasteiger partial charge on any atom is -0.480 e. The fourth-order valence-electron chi connectivity index (χ4n) is 3.80. The zero-order chi connectivity index (χ0) is 18.8. The summed E-state index contributed by atoms with van der Waals surface area (Å²) in [5.74, 6) is -0.468. The summed E-state index contributed by atoms with van der Waals surface area (Å²) in [5, 5.41) is 9.97. The van der Waals surface area contributed by atoms with Crippen LogP contribution in [-0.2, 0) is 4.79 Å². The van der Waals surface area contributed by atoms with Crippen molar-refractivity contribution in [1.82, 2.24) is 9.80 Å². The number of carbonyl (C=O) groups excluding carboxylic acids is 1. The van der Waals surface area contributed by atoms with Crippen molar-refractivity contribution in [1.29, 1.82) is 0 Å². The molecule has 1 aromatic carbocycles. The minimum absolute atomic E-state index is 0.0283. The Kier molecular flexibility index (Phi) is 5.32. The number of likely N-dealkylation sites (tertiary alicyclic amines) is 1. The number of carbonyl (C=O) groups is 2. The third-order valence-corrected chi connectivity index (χ3v) is 5.35. The van der Waals surface area contributed by atoms with Crippen LogP contribution >= 0.6 is 0 Å². The second-order valence-electron chi connectivity index (χ2n) is 7.19. The van der Waals surface area contributed by atoms with Gasteiger partial charge in [-0.25, -0.2) is 0 Å². The van der Waals surface area contributed by atoms with Crippen LogP contribution in [0.15, 0.2) is 22.6 Å². The van der Waals surface area contributed by atoms with Gasteiger partial charge in [-0.15, -0.1) is 0 Å². The predicted molar refractivity (Wildman–Crippen MR) is 99.5 cm³/mol. The number of furan rings is 1. The van der Waals surface area contributed by atoms with Gasteiger partial charge in [-0.2, -0.15) is 0 Å². The third kappa shape index (κ3) is 3.60. The van der Waals surface area contributed by atoms with Crippen LogP contribution in [0.2, 0.25) is 0 Å². The number of fused-ring (bicyclic) bond motifs is 1. The topological polar surface area (TPSA) is 74.0 Å². The zero-order valence-corrected chi connectivity index (χ0v) is 15.6. The standard InChI is InChI=1S/C20H26N2O4/c1-13-6-4-8-16-14(2)19(26-18(13)16)20(25)22-10-5-7-15(9-11-22)21(3)12-17(23)24/h4,6,8,15H,5,7,9-12H2,1-3H3,(H,23,24). The van der Waals surface area contributed by atoms with Gasteiger partial charge in [0.05, 0.1) is 6.54 Å². The van der Waals surface area contributed by atoms with Crippen LogP contribution < -0.4 is 0 Å². The molecule has 3 rings (SSSR count). The van der Waals surface area contributed by atoms with E-state index in [0.29, 0.717) is 18.8 Å². The highest BCUT2D eigenvalue weighted by Crippen LogP contribution is 2.29. The number of likely N-dealkylation sites (N-methyl/N-ethyl adjacent to an activating group) is 1. The maximum absolute atomic E-state index is 13.0. The van der Waals surface area contributed by atoms with Gasteiger partial charge in [0.25, 0.3) is 5.91 Å². The number of para-hydroxylation sites is 1. The lowest BCUT2D eigenvalue weighted by Crippen LogP contribution is -2.37. The molecule has 2 aromatic rings. The van der Waals surface area contributed by atoms with Crippen molar-refractivity contribution in [3.05, 3.63) is 35.1 Å². The number of carboxylic acid groups (broad SMARTS) is 1. The molecule has 1 fully saturated rings. The Morgan fingerprint density at radius 3 is 2.73 bits per heavy atom. The van der Waals surface area contributed by atoms with E-state index < -0.39 is 5.97 Å². The number of nitrogens with zero attached hydrogens (tertiary/aromatic N) is 2. The van der Waals surface area contributed by atoms with Crippen molar-refractivity contribution in [3.8, 4) is 0 Å². The number of hydrogen-bond acceptors (Lipinski definition) is 4. The van der Waals surface area contributed by atoms with Crippen LogP contribution in [0.1, 0.15) is 40.9 Å². The van der Waals surface area contributed by atoms with Crippen molar-refractivity contribution in [2.45, 2.75) is 39.2 Å². The van der Waals surface area contributed by atoms with E-state index in [0.717, 1.165) is 41.4 Å². The lowest BCUT2D eigenvalue weighted by Gasteiger charge is -2.25. The average Bonchev–Trinajstić information content (AvgIpc) is 2.79. The van der Waals surface area contributed by atoms with E-state index in [2.05, 4.69) is 0 Å². The molecule has 1 aliphatic rings. The highest BCUT2D eigenvalue weighted by Gasteiger charge is 2.27. The molecule has 0 aliphatic carbocycles. The van der Waals surface area contributed by atoms with Gasteiger partial charge >= 0.3 is 5.97 Å². The van der Waals surface area contributed by atoms with Gasteiger partial charge in [0.2, 0.25) is 0 Å². The van der Waals surface area contributed by atoms with Crippen LogP contribution in [0.5, 0.6) is 0 Å². The quantitative estimate of drug-likeness (QED) is 0.909. The number of aliphatic carboxylic acids is 1. The Labute approximate surface area is 153 Å². The third-order valence-electron chi connectivity index (χ3n) is 5.35. The fourth-order valence-corrected chi connectivity index (χ4v) is 3.80. The average molecular weight is 358 g/mol. The van der Waals surface area contributed by atoms with Crippen molar-refractivity contribution < 1.29 is 19.1 Å². The minimum atomic E-state index is -0.821. The molecule has 1 amide bonds. The molecule has 26 heavy (non-hydrogen) atoms. The Balaban J connectivity index is 1.76. The molecule has 1 aromatic heterocycles. The second-order valence-corrected chi connectivity index (χ2v) is 7.19. The summed E-state index contributed by atoms with van der Waals surface area (Å²) >= 11 is 0. The Bertz CT molecular complexity index is 827. The summed E-state index contributed by atoms with van der Waals surface area (Å²) in [6.45, 7) is 5.23. The molecule has 1 unspecified atom stereocenters. The van der Waals surface area contributed by atoms with Gasteiger partial charge < -0.3 is 14.4 Å². The van der Waals surface area contributed by atoms with Crippen molar-refractivity contribution >= 4 is 22.8 Å². The van der Waals surface area contributed by atoms with Gasteiger partial charge in [0.1, 0.15) is 5.58 Å². The Hall–Kier alpha value is -2.34. The summed E-state index contributed by atoms with van der Waals surface area (Å²) in [5.41, 5.74) is 2.69. The van der Waals surface area contributed by atoms with Crippen LogP contribution in [0.3, 0.4) is 0 Å². The molecule has 1 N–H and O–H groups in total. The molecular weight excluding hydrogens is 332 g/mol. The number of aryl methyl sites for hydroxylation is 2. The number of carboxylic acids is 1. The highest BCUT2D eigenvalue weighted by atomic mass is 16.4. The molecule has 0 saturated carbocycles. The second kappa shape index (κ2) is 7.50. The Morgan fingerprint density at radius 1 is 1.27 bits per heavy atom. The molecule has 1 aliphatic heterocycles. The van der Waals surface area contributed by atoms with E-state index >= 15 is 0 Å². The summed E-state index contributed by atoms with van der Waals surface area (Å²) in [7, 11) is 1.84. The number of benzene rings is 1. The zero-order valence-electron chi connectivity index (χ0n) is 15.6. The molecule has 6 heteroatoms. The number of hydrogen-bond donors (Lipinski definition) is 1. The lowest BCUT2D eigenvalue weighted by molar-refractivity contribution is -0.138. The monoisotopic (exact) mass is 358 g/mol. The van der Waals surface area contributed by atoms with Crippen LogP contribution in [0, 0.1) is 13.8 Å². The number of amides is 1. The van der Waals surface area contributed by atoms with E-state index in [1.54, 1.807) is 0 Å². The van der Waals surface area contributed by atoms with E-state index in [9.17, 15) is 9.59 Å². The highest BCUT2D eigenvalue weighted by molar-refractivity contribution is 5.99. The van der Waals surface area contributed by atoms with Crippen molar-refractivity contribution in [2.75, 3.05) is 26.7 Å². The van der Waals surface area contributed by atoms with Gasteiger partial charge in [-0.1, -0.05) is 18.2 Å². The van der Waals surface area contributed by atoms with E-state index in [1.807, 2.05) is 48.9 Å². The maximum atomic E-state index is 13.0. The SMILES string of the molecule is Cc1c(C(=O)N2CCCC(N(C)CC(=O)O)CC2)oc2c(C)cccc12. The van der Waals surface area contributed by atoms with Crippen LogP contribution in [0.25, 0.3) is 11.0 Å². The first-order chi connectivity index (χ1) is 12.4. The van der Waals surface area contributed by atoms with Gasteiger partial charge in [-0.05, 0) is 45.7 Å². The molecule has 6 nitrogen and oxygen atoms in total. The van der Waals surface area contributed by atoms with Gasteiger partial charge in [-0.3, -0.25) is 14.5 Å². The van der Waals surface area contributed by atoms with Crippen molar-refractivity contribution in [3.63, 3.8) is 0 Å². The summed E-state index contributed by atoms with van der Waals surface area (Å²) in [4.78, 5) is 27.7. The first-order valence-corrected chi connectivity index (χ1v) is 9.08. The van der Waals surface area contributed by atoms with E-state index in [1.165, 1.54) is 0 Å². The Morgan fingerprint density at radius 2 is 2.04 bits per heavy atom. The maximum Gasteiger partial charge on any atom is 0.317 e. The lowest BCUT2D eigenvalue weighted by atomic mass is 10.1. The van der Waals surface area contributed by atoms with E-state index in [4.69, 9.17) is 9.52 Å². The molecule has 1 atom stereocenters. The first-order valence-electron chi connectivity index (χ1n) is 9.08. The smallest absolute Gasteiger partial charge is 0.317 e. The molecule has 2 heterocycles. The number of rotatable bonds is 4.